The average molecular weight is 464 g/mol. The number of benzene rings is 2. The lowest BCUT2D eigenvalue weighted by atomic mass is 9.96. The summed E-state index contributed by atoms with van der Waals surface area (Å²) >= 11 is 1.66. The molecule has 1 atom stereocenters. The molecule has 5 rings (SSSR count). The summed E-state index contributed by atoms with van der Waals surface area (Å²) in [6.07, 6.45) is 2.78. The van der Waals surface area contributed by atoms with E-state index in [1.165, 1.54) is 6.07 Å². The van der Waals surface area contributed by atoms with Gasteiger partial charge in [-0.3, -0.25) is 0 Å². The molecular formula is C25H26FN5OS. The van der Waals surface area contributed by atoms with E-state index in [4.69, 9.17) is 10.00 Å². The zero-order chi connectivity index (χ0) is 22.6. The molecule has 2 aliphatic rings. The molecule has 3 aromatic rings. The lowest BCUT2D eigenvalue weighted by Gasteiger charge is -2.37. The molecule has 8 heteroatoms. The van der Waals surface area contributed by atoms with E-state index in [0.717, 1.165) is 79.8 Å². The zero-order valence-corrected chi connectivity index (χ0v) is 19.2. The van der Waals surface area contributed by atoms with Crippen molar-refractivity contribution in [2.24, 2.45) is 0 Å². The summed E-state index contributed by atoms with van der Waals surface area (Å²) in [4.78, 5) is 9.11. The number of piperazine rings is 1. The number of nitrogens with one attached hydrogen (secondary N) is 1. The maximum absolute atomic E-state index is 14.5. The van der Waals surface area contributed by atoms with Crippen molar-refractivity contribution < 1.29 is 9.13 Å². The summed E-state index contributed by atoms with van der Waals surface area (Å²) in [5, 5.41) is 15.6. The first-order valence-corrected chi connectivity index (χ1v) is 12.1. The molecular weight excluding hydrogens is 437 g/mol. The van der Waals surface area contributed by atoms with Gasteiger partial charge in [-0.25, -0.2) is 9.37 Å². The number of rotatable bonds is 5. The van der Waals surface area contributed by atoms with Gasteiger partial charge < -0.3 is 19.9 Å². The predicted molar refractivity (Wildman–Crippen MR) is 129 cm³/mol. The van der Waals surface area contributed by atoms with Crippen molar-refractivity contribution in [3.63, 3.8) is 0 Å². The Labute approximate surface area is 197 Å². The largest absolute Gasteiger partial charge is 0.375 e. The molecule has 1 unspecified atom stereocenters. The molecule has 1 N–H and O–H groups in total. The predicted octanol–water partition coefficient (Wildman–Crippen LogP) is 3.68. The molecule has 2 aliphatic heterocycles. The number of nitriles is 1. The van der Waals surface area contributed by atoms with Crippen LogP contribution in [-0.4, -0.2) is 57.0 Å². The maximum Gasteiger partial charge on any atom is 0.185 e. The Balaban J connectivity index is 1.43. The molecule has 33 heavy (non-hydrogen) atoms. The minimum Gasteiger partial charge on any atom is -0.375 e. The van der Waals surface area contributed by atoms with Gasteiger partial charge in [-0.15, -0.1) is 11.3 Å². The summed E-state index contributed by atoms with van der Waals surface area (Å²) in [6.45, 7) is 5.94. The number of thiazole rings is 1. The SMILES string of the molecule is N#Cc1ccc(-c2cc(CC3CNCCO3)ccc2N2CCN(c3nccs3)CC2)cc1F. The molecule has 170 valence electrons. The first kappa shape index (κ1) is 21.8. The molecule has 1 aromatic heterocycles. The molecule has 0 amide bonds. The van der Waals surface area contributed by atoms with Crippen molar-refractivity contribution in [3.05, 3.63) is 64.9 Å². The first-order chi connectivity index (χ1) is 16.2. The molecule has 2 aromatic carbocycles. The van der Waals surface area contributed by atoms with E-state index in [1.54, 1.807) is 17.4 Å². The van der Waals surface area contributed by atoms with E-state index >= 15 is 0 Å². The van der Waals surface area contributed by atoms with Gasteiger partial charge in [0, 0.05) is 62.1 Å². The summed E-state index contributed by atoms with van der Waals surface area (Å²) < 4.78 is 20.4. The van der Waals surface area contributed by atoms with E-state index in [0.29, 0.717) is 0 Å². The first-order valence-electron chi connectivity index (χ1n) is 11.3. The number of halogens is 1. The summed E-state index contributed by atoms with van der Waals surface area (Å²) in [7, 11) is 0. The van der Waals surface area contributed by atoms with Gasteiger partial charge in [0.25, 0.3) is 0 Å². The van der Waals surface area contributed by atoms with E-state index in [1.807, 2.05) is 23.7 Å². The lowest BCUT2D eigenvalue weighted by molar-refractivity contribution is 0.0292. The Bertz CT molecular complexity index is 1130. The van der Waals surface area contributed by atoms with Crippen molar-refractivity contribution in [1.29, 1.82) is 5.26 Å². The fourth-order valence-electron chi connectivity index (χ4n) is 4.51. The van der Waals surface area contributed by atoms with Gasteiger partial charge in [0.05, 0.1) is 18.3 Å². The quantitative estimate of drug-likeness (QED) is 0.623. The number of nitrogens with zero attached hydrogens (tertiary/aromatic N) is 4. The highest BCUT2D eigenvalue weighted by Gasteiger charge is 2.22. The van der Waals surface area contributed by atoms with Crippen LogP contribution in [-0.2, 0) is 11.2 Å². The number of aromatic nitrogens is 1. The average Bonchev–Trinajstić information content (AvgIpc) is 3.40. The van der Waals surface area contributed by atoms with Crippen molar-refractivity contribution in [2.75, 3.05) is 55.7 Å². The summed E-state index contributed by atoms with van der Waals surface area (Å²) in [5.74, 6) is -0.486. The summed E-state index contributed by atoms with van der Waals surface area (Å²) in [5.41, 5.74) is 4.09. The minimum atomic E-state index is -0.486. The second-order valence-corrected chi connectivity index (χ2v) is 9.22. The Morgan fingerprint density at radius 1 is 1.15 bits per heavy atom. The maximum atomic E-state index is 14.5. The third-order valence-corrected chi connectivity index (χ3v) is 7.07. The Morgan fingerprint density at radius 2 is 2.00 bits per heavy atom. The molecule has 0 saturated carbocycles. The third-order valence-electron chi connectivity index (χ3n) is 6.24. The van der Waals surface area contributed by atoms with Gasteiger partial charge in [-0.1, -0.05) is 12.1 Å². The van der Waals surface area contributed by atoms with Crippen LogP contribution < -0.4 is 15.1 Å². The Hall–Kier alpha value is -2.99. The van der Waals surface area contributed by atoms with Gasteiger partial charge in [-0.05, 0) is 41.8 Å². The highest BCUT2D eigenvalue weighted by Crippen LogP contribution is 2.34. The van der Waals surface area contributed by atoms with Crippen LogP contribution in [0.5, 0.6) is 0 Å². The van der Waals surface area contributed by atoms with Crippen molar-refractivity contribution in [1.82, 2.24) is 10.3 Å². The minimum absolute atomic E-state index is 0.0650. The zero-order valence-electron chi connectivity index (χ0n) is 18.3. The number of anilines is 2. The van der Waals surface area contributed by atoms with Gasteiger partial charge in [-0.2, -0.15) is 5.26 Å². The number of ether oxygens (including phenoxy) is 1. The van der Waals surface area contributed by atoms with Crippen LogP contribution in [0.1, 0.15) is 11.1 Å². The Kier molecular flexibility index (Phi) is 6.53. The van der Waals surface area contributed by atoms with Crippen LogP contribution >= 0.6 is 11.3 Å². The normalized spacial score (nSPS) is 18.8. The van der Waals surface area contributed by atoms with Gasteiger partial charge in [0.1, 0.15) is 11.9 Å². The second-order valence-electron chi connectivity index (χ2n) is 8.35. The molecule has 3 heterocycles. The van der Waals surface area contributed by atoms with Crippen molar-refractivity contribution in [3.8, 4) is 17.2 Å². The number of hydrogen-bond donors (Lipinski definition) is 1. The fourth-order valence-corrected chi connectivity index (χ4v) is 5.21. The third kappa shape index (κ3) is 4.86. The van der Waals surface area contributed by atoms with Crippen molar-refractivity contribution >= 4 is 22.2 Å². The van der Waals surface area contributed by atoms with Gasteiger partial charge in [0.2, 0.25) is 0 Å². The highest BCUT2D eigenvalue weighted by atomic mass is 32.1. The van der Waals surface area contributed by atoms with Gasteiger partial charge >= 0.3 is 0 Å². The van der Waals surface area contributed by atoms with E-state index in [-0.39, 0.29) is 11.7 Å². The van der Waals surface area contributed by atoms with E-state index < -0.39 is 5.82 Å². The standard InChI is InChI=1S/C25H26FN5OS/c26-23-15-19(2-3-20(23)16-27)22-14-18(13-21-17-28-5-11-32-21)1-4-24(22)30-7-9-31(10-8-30)25-29-6-12-33-25/h1-4,6,12,14-15,21,28H,5,7-11,13,17H2. The second kappa shape index (κ2) is 9.87. The molecule has 2 fully saturated rings. The van der Waals surface area contributed by atoms with Crippen LogP contribution in [0.2, 0.25) is 0 Å². The highest BCUT2D eigenvalue weighted by molar-refractivity contribution is 7.13. The molecule has 2 saturated heterocycles. The lowest BCUT2D eigenvalue weighted by Crippen LogP contribution is -2.46. The van der Waals surface area contributed by atoms with Crippen LogP contribution in [0.4, 0.5) is 15.2 Å². The van der Waals surface area contributed by atoms with Crippen LogP contribution in [0, 0.1) is 17.1 Å². The fraction of sp³-hybridized carbons (Fsp3) is 0.360. The van der Waals surface area contributed by atoms with Gasteiger partial charge in [0.15, 0.2) is 5.13 Å². The Morgan fingerprint density at radius 3 is 2.70 bits per heavy atom. The van der Waals surface area contributed by atoms with Crippen LogP contribution in [0.15, 0.2) is 48.0 Å². The monoisotopic (exact) mass is 463 g/mol. The molecule has 0 bridgehead atoms. The van der Waals surface area contributed by atoms with Crippen LogP contribution in [0.25, 0.3) is 11.1 Å². The number of hydrogen-bond acceptors (Lipinski definition) is 7. The molecule has 6 nitrogen and oxygen atoms in total. The number of morpholine rings is 1. The summed E-state index contributed by atoms with van der Waals surface area (Å²) in [6, 6.07) is 13.3. The molecule has 0 spiro atoms. The topological polar surface area (TPSA) is 64.4 Å². The smallest absolute Gasteiger partial charge is 0.185 e. The van der Waals surface area contributed by atoms with Crippen molar-refractivity contribution in [2.45, 2.75) is 12.5 Å². The molecule has 0 radical (unpaired) electrons. The molecule has 0 aliphatic carbocycles. The van der Waals surface area contributed by atoms with Crippen LogP contribution in [0.3, 0.4) is 0 Å². The van der Waals surface area contributed by atoms with E-state index in [2.05, 4.69) is 38.3 Å². The van der Waals surface area contributed by atoms with E-state index in [9.17, 15) is 4.39 Å².